The average molecular weight is 196 g/mol. The molecule has 1 unspecified atom stereocenters. The summed E-state index contributed by atoms with van der Waals surface area (Å²) in [5, 5.41) is 12.1. The summed E-state index contributed by atoms with van der Waals surface area (Å²) in [7, 11) is 1.73. The molecule has 0 radical (unpaired) electrons. The Kier molecular flexibility index (Phi) is 4.37. The Balaban J connectivity index is 2.07. The van der Waals surface area contributed by atoms with E-state index in [9.17, 15) is 0 Å². The molecule has 0 amide bonds. The van der Waals surface area contributed by atoms with Crippen molar-refractivity contribution >= 4 is 0 Å². The maximum Gasteiger partial charge on any atom is 0.0628 e. The summed E-state index contributed by atoms with van der Waals surface area (Å²) in [4.78, 5) is 0. The number of hydrogen-bond acceptors (Lipinski definition) is 3. The van der Waals surface area contributed by atoms with Crippen molar-refractivity contribution in [2.75, 3.05) is 26.8 Å². The van der Waals surface area contributed by atoms with Gasteiger partial charge in [-0.05, 0) is 30.7 Å². The van der Waals surface area contributed by atoms with Crippen LogP contribution in [0, 0.1) is 22.7 Å². The third kappa shape index (κ3) is 3.65. The molecular formula is C11H20N2O. The fourth-order valence-corrected chi connectivity index (χ4v) is 1.69. The minimum atomic E-state index is 0.321. The zero-order valence-electron chi connectivity index (χ0n) is 9.18. The quantitative estimate of drug-likeness (QED) is 0.672. The van der Waals surface area contributed by atoms with Gasteiger partial charge in [0.1, 0.15) is 0 Å². The maximum absolute atomic E-state index is 8.64. The van der Waals surface area contributed by atoms with E-state index in [-0.39, 0.29) is 0 Å². The van der Waals surface area contributed by atoms with Crippen LogP contribution < -0.4 is 5.32 Å². The molecule has 1 N–H and O–H groups in total. The van der Waals surface area contributed by atoms with Gasteiger partial charge in [0.2, 0.25) is 0 Å². The zero-order valence-corrected chi connectivity index (χ0v) is 9.18. The SMILES string of the molecule is COCC(C)CNCC1(CC#N)CC1. The summed E-state index contributed by atoms with van der Waals surface area (Å²) in [6, 6.07) is 2.27. The third-order valence-corrected chi connectivity index (χ3v) is 2.86. The van der Waals surface area contributed by atoms with E-state index in [0.717, 1.165) is 19.7 Å². The van der Waals surface area contributed by atoms with E-state index < -0.39 is 0 Å². The lowest BCUT2D eigenvalue weighted by Crippen LogP contribution is -2.29. The lowest BCUT2D eigenvalue weighted by Gasteiger charge is -2.15. The number of hydrogen-bond donors (Lipinski definition) is 1. The van der Waals surface area contributed by atoms with Crippen LogP contribution in [0.2, 0.25) is 0 Å². The van der Waals surface area contributed by atoms with Crippen LogP contribution in [0.4, 0.5) is 0 Å². The first-order valence-electron chi connectivity index (χ1n) is 5.29. The lowest BCUT2D eigenvalue weighted by molar-refractivity contribution is 0.157. The molecule has 80 valence electrons. The van der Waals surface area contributed by atoms with Gasteiger partial charge in [-0.25, -0.2) is 0 Å². The van der Waals surface area contributed by atoms with Gasteiger partial charge in [-0.2, -0.15) is 5.26 Å². The minimum absolute atomic E-state index is 0.321. The van der Waals surface area contributed by atoms with E-state index in [1.54, 1.807) is 7.11 Å². The maximum atomic E-state index is 8.64. The molecule has 1 atom stereocenters. The predicted molar refractivity (Wildman–Crippen MR) is 55.8 cm³/mol. The second-order valence-corrected chi connectivity index (χ2v) is 4.53. The summed E-state index contributed by atoms with van der Waals surface area (Å²) in [5.41, 5.74) is 0.321. The Labute approximate surface area is 86.4 Å². The molecule has 0 aliphatic heterocycles. The normalized spacial score (nSPS) is 20.1. The number of nitriles is 1. The van der Waals surface area contributed by atoms with Crippen molar-refractivity contribution in [3.05, 3.63) is 0 Å². The summed E-state index contributed by atoms with van der Waals surface area (Å²) in [6.45, 7) is 4.95. The van der Waals surface area contributed by atoms with Crippen LogP contribution in [0.1, 0.15) is 26.2 Å². The second kappa shape index (κ2) is 5.33. The minimum Gasteiger partial charge on any atom is -0.384 e. The van der Waals surface area contributed by atoms with E-state index in [1.165, 1.54) is 12.8 Å². The van der Waals surface area contributed by atoms with Crippen LogP contribution in [0.25, 0.3) is 0 Å². The highest BCUT2D eigenvalue weighted by molar-refractivity contribution is 5.00. The van der Waals surface area contributed by atoms with Crippen molar-refractivity contribution < 1.29 is 4.74 Å². The number of methoxy groups -OCH3 is 1. The monoisotopic (exact) mass is 196 g/mol. The third-order valence-electron chi connectivity index (χ3n) is 2.86. The first kappa shape index (κ1) is 11.5. The fourth-order valence-electron chi connectivity index (χ4n) is 1.69. The number of nitrogens with one attached hydrogen (secondary N) is 1. The molecule has 3 heteroatoms. The highest BCUT2D eigenvalue weighted by Gasteiger charge is 2.41. The molecule has 0 heterocycles. The number of ether oxygens (including phenoxy) is 1. The molecule has 0 saturated heterocycles. The molecule has 1 aliphatic rings. The summed E-state index contributed by atoms with van der Waals surface area (Å²) in [5.74, 6) is 0.554. The first-order valence-corrected chi connectivity index (χ1v) is 5.29. The van der Waals surface area contributed by atoms with Gasteiger partial charge < -0.3 is 10.1 Å². The van der Waals surface area contributed by atoms with Crippen LogP contribution >= 0.6 is 0 Å². The Morgan fingerprint density at radius 1 is 1.57 bits per heavy atom. The smallest absolute Gasteiger partial charge is 0.0628 e. The van der Waals surface area contributed by atoms with Gasteiger partial charge in [-0.3, -0.25) is 0 Å². The second-order valence-electron chi connectivity index (χ2n) is 4.53. The molecule has 1 rings (SSSR count). The Morgan fingerprint density at radius 2 is 2.29 bits per heavy atom. The van der Waals surface area contributed by atoms with Crippen molar-refractivity contribution in [1.82, 2.24) is 5.32 Å². The Hall–Kier alpha value is -0.590. The molecule has 14 heavy (non-hydrogen) atoms. The lowest BCUT2D eigenvalue weighted by atomic mass is 10.0. The first-order chi connectivity index (χ1) is 6.72. The Morgan fingerprint density at radius 3 is 2.79 bits per heavy atom. The fraction of sp³-hybridized carbons (Fsp3) is 0.909. The molecule has 0 bridgehead atoms. The molecule has 1 fully saturated rings. The van der Waals surface area contributed by atoms with Crippen LogP contribution in [-0.4, -0.2) is 26.8 Å². The summed E-state index contributed by atoms with van der Waals surface area (Å²) >= 11 is 0. The van der Waals surface area contributed by atoms with Crippen LogP contribution in [-0.2, 0) is 4.74 Å². The van der Waals surface area contributed by atoms with Crippen molar-refractivity contribution in [3.8, 4) is 6.07 Å². The molecule has 3 nitrogen and oxygen atoms in total. The van der Waals surface area contributed by atoms with Gasteiger partial charge in [0.05, 0.1) is 6.07 Å². The van der Waals surface area contributed by atoms with Crippen LogP contribution in [0.5, 0.6) is 0 Å². The van der Waals surface area contributed by atoms with Gasteiger partial charge in [-0.15, -0.1) is 0 Å². The van der Waals surface area contributed by atoms with Crippen molar-refractivity contribution in [2.45, 2.75) is 26.2 Å². The van der Waals surface area contributed by atoms with Gasteiger partial charge in [0, 0.05) is 26.7 Å². The van der Waals surface area contributed by atoms with Gasteiger partial charge in [0.25, 0.3) is 0 Å². The van der Waals surface area contributed by atoms with Gasteiger partial charge in [0.15, 0.2) is 0 Å². The predicted octanol–water partition coefficient (Wildman–Crippen LogP) is 1.55. The summed E-state index contributed by atoms with van der Waals surface area (Å²) < 4.78 is 5.06. The molecule has 1 saturated carbocycles. The van der Waals surface area contributed by atoms with Crippen LogP contribution in [0.15, 0.2) is 0 Å². The molecule has 0 spiro atoms. The van der Waals surface area contributed by atoms with Crippen LogP contribution in [0.3, 0.4) is 0 Å². The van der Waals surface area contributed by atoms with Crippen molar-refractivity contribution in [3.63, 3.8) is 0 Å². The molecule has 0 aromatic rings. The van der Waals surface area contributed by atoms with E-state index in [1.807, 2.05) is 0 Å². The van der Waals surface area contributed by atoms with E-state index in [2.05, 4.69) is 18.3 Å². The largest absolute Gasteiger partial charge is 0.384 e. The number of nitrogens with zero attached hydrogens (tertiary/aromatic N) is 1. The van der Waals surface area contributed by atoms with E-state index >= 15 is 0 Å². The van der Waals surface area contributed by atoms with Crippen molar-refractivity contribution in [1.29, 1.82) is 5.26 Å². The molecule has 1 aliphatic carbocycles. The number of rotatable bonds is 7. The highest BCUT2D eigenvalue weighted by atomic mass is 16.5. The van der Waals surface area contributed by atoms with E-state index in [4.69, 9.17) is 10.00 Å². The highest BCUT2D eigenvalue weighted by Crippen LogP contribution is 2.47. The van der Waals surface area contributed by atoms with Gasteiger partial charge >= 0.3 is 0 Å². The van der Waals surface area contributed by atoms with E-state index in [0.29, 0.717) is 17.8 Å². The molecular weight excluding hydrogens is 176 g/mol. The average Bonchev–Trinajstić information content (AvgIpc) is 2.86. The molecule has 0 aromatic carbocycles. The standard InChI is InChI=1S/C11H20N2O/c1-10(8-14-2)7-13-9-11(3-4-11)5-6-12/h10,13H,3-5,7-9H2,1-2H3. The Bertz CT molecular complexity index is 206. The van der Waals surface area contributed by atoms with Gasteiger partial charge in [-0.1, -0.05) is 6.92 Å². The summed E-state index contributed by atoms with van der Waals surface area (Å²) in [6.07, 6.45) is 3.14. The van der Waals surface area contributed by atoms with Crippen molar-refractivity contribution in [2.24, 2.45) is 11.3 Å². The topological polar surface area (TPSA) is 45.0 Å². The zero-order chi connectivity index (χ0) is 10.4. The molecule has 0 aromatic heterocycles.